The fraction of sp³-hybridized carbons (Fsp3) is 0.296. The number of hydrogen-bond acceptors (Lipinski definition) is 4. The van der Waals surface area contributed by atoms with Crippen LogP contribution in [0.25, 0.3) is 16.8 Å². The van der Waals surface area contributed by atoms with Crippen molar-refractivity contribution in [2.24, 2.45) is 4.99 Å². The molecule has 0 saturated heterocycles. The number of aromatic nitrogens is 3. The average molecular weight is 422 g/mol. The summed E-state index contributed by atoms with van der Waals surface area (Å²) in [5, 5.41) is 10.7. The van der Waals surface area contributed by atoms with Crippen LogP contribution in [0.2, 0.25) is 0 Å². The molecule has 6 rings (SSSR count). The van der Waals surface area contributed by atoms with E-state index in [0.717, 1.165) is 34.3 Å². The van der Waals surface area contributed by atoms with E-state index in [1.165, 1.54) is 43.2 Å². The minimum Gasteiger partial charge on any atom is -0.361 e. The molecule has 2 atom stereocenters. The topological polar surface area (TPSA) is 66.0 Å². The Bertz CT molecular complexity index is 1160. The molecule has 1 fully saturated rings. The van der Waals surface area contributed by atoms with Crippen LogP contribution in [0.3, 0.4) is 0 Å². The van der Waals surface area contributed by atoms with E-state index in [-0.39, 0.29) is 12.1 Å². The van der Waals surface area contributed by atoms with E-state index in [1.807, 2.05) is 18.5 Å². The number of H-pyrrole nitrogens is 1. The summed E-state index contributed by atoms with van der Waals surface area (Å²) < 4.78 is 0. The molecule has 2 N–H and O–H groups in total. The zero-order valence-electron chi connectivity index (χ0n) is 18.0. The predicted octanol–water partition coefficient (Wildman–Crippen LogP) is 5.26. The first kappa shape index (κ1) is 19.2. The van der Waals surface area contributed by atoms with Crippen LogP contribution in [0.4, 0.5) is 0 Å². The van der Waals surface area contributed by atoms with Crippen molar-refractivity contribution >= 4 is 11.4 Å². The van der Waals surface area contributed by atoms with E-state index in [1.54, 1.807) is 0 Å². The molecule has 0 radical (unpaired) electrons. The molecule has 1 aromatic carbocycles. The number of fused-ring (bicyclic) bond motifs is 1. The van der Waals surface area contributed by atoms with Gasteiger partial charge in [-0.15, -0.1) is 0 Å². The second kappa shape index (κ2) is 8.23. The van der Waals surface area contributed by atoms with Gasteiger partial charge < -0.3 is 5.32 Å². The number of amidine groups is 1. The normalized spacial score (nSPS) is 22.8. The number of pyridine rings is 1. The standard InChI is InChI=1S/C27H27N5/c1-2-4-18(5-3-1)19-6-8-20(9-7-19)23-12-11-22(17-28-23)27-30-25-13-10-21(16-26(25)31-27)24-14-15-29-32-24/h6-18,25-26H,1-5H2,(H,29,32)(H,30,31). The highest BCUT2D eigenvalue weighted by Gasteiger charge is 2.28. The van der Waals surface area contributed by atoms with Gasteiger partial charge in [-0.05, 0) is 54.2 Å². The van der Waals surface area contributed by atoms with Crippen molar-refractivity contribution in [1.29, 1.82) is 0 Å². The third-order valence-corrected chi connectivity index (χ3v) is 6.90. The Morgan fingerprint density at radius 1 is 0.844 bits per heavy atom. The molecule has 0 spiro atoms. The summed E-state index contributed by atoms with van der Waals surface area (Å²) in [6, 6.07) is 15.5. The molecule has 32 heavy (non-hydrogen) atoms. The Labute approximate surface area is 188 Å². The lowest BCUT2D eigenvalue weighted by atomic mass is 9.84. The summed E-state index contributed by atoms with van der Waals surface area (Å²) in [7, 11) is 0. The Balaban J connectivity index is 1.18. The number of benzene rings is 1. The highest BCUT2D eigenvalue weighted by atomic mass is 15.1. The van der Waals surface area contributed by atoms with Gasteiger partial charge in [-0.25, -0.2) is 0 Å². The molecular weight excluding hydrogens is 394 g/mol. The second-order valence-electron chi connectivity index (χ2n) is 8.97. The smallest absolute Gasteiger partial charge is 0.131 e. The van der Waals surface area contributed by atoms with E-state index in [9.17, 15) is 0 Å². The lowest BCUT2D eigenvalue weighted by Gasteiger charge is -2.22. The van der Waals surface area contributed by atoms with Crippen molar-refractivity contribution in [3.63, 3.8) is 0 Å². The van der Waals surface area contributed by atoms with Gasteiger partial charge in [-0.1, -0.05) is 55.7 Å². The van der Waals surface area contributed by atoms with Crippen LogP contribution in [-0.2, 0) is 0 Å². The summed E-state index contributed by atoms with van der Waals surface area (Å²) in [4.78, 5) is 9.65. The molecule has 5 heteroatoms. The Morgan fingerprint density at radius 2 is 1.69 bits per heavy atom. The van der Waals surface area contributed by atoms with Crippen LogP contribution in [0, 0.1) is 0 Å². The maximum Gasteiger partial charge on any atom is 0.131 e. The Morgan fingerprint density at radius 3 is 2.44 bits per heavy atom. The van der Waals surface area contributed by atoms with Gasteiger partial charge in [0.15, 0.2) is 0 Å². The van der Waals surface area contributed by atoms with Crippen LogP contribution >= 0.6 is 0 Å². The Hall–Kier alpha value is -3.47. The lowest BCUT2D eigenvalue weighted by Crippen LogP contribution is -2.33. The van der Waals surface area contributed by atoms with E-state index in [4.69, 9.17) is 9.98 Å². The number of nitrogens with one attached hydrogen (secondary N) is 2. The molecule has 2 aromatic heterocycles. The molecule has 5 nitrogen and oxygen atoms in total. The van der Waals surface area contributed by atoms with Gasteiger partial charge in [0.25, 0.3) is 0 Å². The fourth-order valence-electron chi connectivity index (χ4n) is 5.08. The van der Waals surface area contributed by atoms with E-state index in [0.29, 0.717) is 0 Å². The maximum absolute atomic E-state index is 4.91. The third-order valence-electron chi connectivity index (χ3n) is 6.90. The summed E-state index contributed by atoms with van der Waals surface area (Å²) in [5.74, 6) is 1.63. The molecule has 0 amide bonds. The molecular formula is C27H27N5. The van der Waals surface area contributed by atoms with Gasteiger partial charge in [0, 0.05) is 23.5 Å². The van der Waals surface area contributed by atoms with Crippen LogP contribution in [0.15, 0.2) is 78.1 Å². The monoisotopic (exact) mass is 421 g/mol. The van der Waals surface area contributed by atoms with Crippen molar-refractivity contribution in [3.05, 3.63) is 89.9 Å². The minimum absolute atomic E-state index is 0.0775. The molecule has 3 heterocycles. The van der Waals surface area contributed by atoms with Crippen molar-refractivity contribution < 1.29 is 0 Å². The molecule has 2 unspecified atom stereocenters. The van der Waals surface area contributed by atoms with Gasteiger partial charge in [-0.2, -0.15) is 5.10 Å². The summed E-state index contributed by atoms with van der Waals surface area (Å²) in [6.07, 6.45) is 17.0. The number of allylic oxidation sites excluding steroid dienone is 2. The number of aliphatic imine (C=N–C) groups is 1. The quantitative estimate of drug-likeness (QED) is 0.604. The maximum atomic E-state index is 4.91. The van der Waals surface area contributed by atoms with Gasteiger partial charge in [-0.3, -0.25) is 15.1 Å². The fourth-order valence-corrected chi connectivity index (χ4v) is 5.08. The van der Waals surface area contributed by atoms with Gasteiger partial charge in [0.2, 0.25) is 0 Å². The minimum atomic E-state index is 0.0775. The van der Waals surface area contributed by atoms with Crippen molar-refractivity contribution in [3.8, 4) is 11.3 Å². The molecule has 160 valence electrons. The lowest BCUT2D eigenvalue weighted by molar-refractivity contribution is 0.443. The van der Waals surface area contributed by atoms with Crippen LogP contribution < -0.4 is 5.32 Å². The van der Waals surface area contributed by atoms with Crippen molar-refractivity contribution in [1.82, 2.24) is 20.5 Å². The highest BCUT2D eigenvalue weighted by molar-refractivity contribution is 6.01. The summed E-state index contributed by atoms with van der Waals surface area (Å²) in [6.45, 7) is 0. The van der Waals surface area contributed by atoms with Crippen molar-refractivity contribution in [2.75, 3.05) is 0 Å². The SMILES string of the molecule is C1=CC2NC(c3ccc(-c4ccc(C5CCCCC5)cc4)nc3)=NC2C=C1c1cc[nH]n1. The van der Waals surface area contributed by atoms with Gasteiger partial charge >= 0.3 is 0 Å². The third kappa shape index (κ3) is 3.68. The number of rotatable bonds is 4. The van der Waals surface area contributed by atoms with Gasteiger partial charge in [0.1, 0.15) is 5.84 Å². The average Bonchev–Trinajstić information content (AvgIpc) is 3.55. The molecule has 3 aliphatic rings. The van der Waals surface area contributed by atoms with Gasteiger partial charge in [0.05, 0.1) is 23.5 Å². The molecule has 0 bridgehead atoms. The summed E-state index contributed by atoms with van der Waals surface area (Å²) in [5.41, 5.74) is 6.71. The van der Waals surface area contributed by atoms with Crippen LogP contribution in [-0.4, -0.2) is 33.1 Å². The number of nitrogens with zero attached hydrogens (tertiary/aromatic N) is 3. The second-order valence-corrected chi connectivity index (χ2v) is 8.97. The molecule has 1 saturated carbocycles. The zero-order chi connectivity index (χ0) is 21.3. The zero-order valence-corrected chi connectivity index (χ0v) is 18.0. The largest absolute Gasteiger partial charge is 0.361 e. The molecule has 2 aliphatic carbocycles. The van der Waals surface area contributed by atoms with E-state index >= 15 is 0 Å². The Kier molecular flexibility index (Phi) is 4.94. The van der Waals surface area contributed by atoms with Crippen molar-refractivity contribution in [2.45, 2.75) is 50.1 Å². The number of aromatic amines is 1. The summed E-state index contributed by atoms with van der Waals surface area (Å²) >= 11 is 0. The van der Waals surface area contributed by atoms with E-state index < -0.39 is 0 Å². The highest BCUT2D eigenvalue weighted by Crippen LogP contribution is 2.33. The first-order chi connectivity index (χ1) is 15.8. The first-order valence-corrected chi connectivity index (χ1v) is 11.6. The van der Waals surface area contributed by atoms with Crippen LogP contribution in [0.5, 0.6) is 0 Å². The van der Waals surface area contributed by atoms with E-state index in [2.05, 4.69) is 70.1 Å². The molecule has 3 aromatic rings. The van der Waals surface area contributed by atoms with Crippen LogP contribution in [0.1, 0.15) is 54.8 Å². The number of hydrogen-bond donors (Lipinski definition) is 2. The predicted molar refractivity (Wildman–Crippen MR) is 128 cm³/mol. The first-order valence-electron chi connectivity index (χ1n) is 11.6. The molecule has 1 aliphatic heterocycles.